The largest absolute Gasteiger partial charge is 0.480 e. The van der Waals surface area contributed by atoms with Crippen molar-refractivity contribution in [2.45, 2.75) is 33.1 Å². The molecule has 0 aromatic carbocycles. The maximum atomic E-state index is 12.2. The quantitative estimate of drug-likeness (QED) is 0.738. The molecular formula is C12H22N2O3. The van der Waals surface area contributed by atoms with Crippen molar-refractivity contribution in [1.29, 1.82) is 0 Å². The van der Waals surface area contributed by atoms with Gasteiger partial charge < -0.3 is 14.9 Å². The van der Waals surface area contributed by atoms with Crippen LogP contribution in [-0.4, -0.2) is 53.1 Å². The van der Waals surface area contributed by atoms with Gasteiger partial charge in [0.25, 0.3) is 0 Å². The highest BCUT2D eigenvalue weighted by atomic mass is 16.4. The summed E-state index contributed by atoms with van der Waals surface area (Å²) < 4.78 is 0. The van der Waals surface area contributed by atoms with Crippen molar-refractivity contribution in [2.75, 3.05) is 26.2 Å². The molecule has 5 nitrogen and oxygen atoms in total. The first-order valence-corrected chi connectivity index (χ1v) is 6.34. The van der Waals surface area contributed by atoms with Crippen LogP contribution < -0.4 is 0 Å². The lowest BCUT2D eigenvalue weighted by Crippen LogP contribution is -2.46. The topological polar surface area (TPSA) is 60.9 Å². The predicted octanol–water partition coefficient (Wildman–Crippen LogP) is 1.63. The van der Waals surface area contributed by atoms with Crippen LogP contribution in [0.4, 0.5) is 4.79 Å². The van der Waals surface area contributed by atoms with Gasteiger partial charge in [-0.3, -0.25) is 4.79 Å². The van der Waals surface area contributed by atoms with Gasteiger partial charge in [-0.25, -0.2) is 4.79 Å². The molecule has 0 radical (unpaired) electrons. The van der Waals surface area contributed by atoms with E-state index in [9.17, 15) is 9.59 Å². The van der Waals surface area contributed by atoms with E-state index >= 15 is 0 Å². The fourth-order valence-corrected chi connectivity index (χ4v) is 1.83. The summed E-state index contributed by atoms with van der Waals surface area (Å²) in [6, 6.07) is -0.136. The van der Waals surface area contributed by atoms with Crippen molar-refractivity contribution < 1.29 is 14.7 Å². The van der Waals surface area contributed by atoms with E-state index in [-0.39, 0.29) is 12.6 Å². The molecule has 2 amide bonds. The number of amides is 2. The van der Waals surface area contributed by atoms with Gasteiger partial charge in [0.2, 0.25) is 0 Å². The van der Waals surface area contributed by atoms with Gasteiger partial charge in [0.1, 0.15) is 6.54 Å². The third-order valence-electron chi connectivity index (χ3n) is 2.92. The standard InChI is InChI=1S/C12H22N2O3/c1-3-7-14(8-10-5-6-10)12(17)13(4-2)9-11(15)16/h10H,3-9H2,1-2H3,(H,15,16). The molecule has 0 bridgehead atoms. The van der Waals surface area contributed by atoms with E-state index in [0.717, 1.165) is 13.0 Å². The van der Waals surface area contributed by atoms with Crippen LogP contribution in [0.3, 0.4) is 0 Å². The van der Waals surface area contributed by atoms with E-state index in [1.807, 2.05) is 13.8 Å². The molecule has 0 aliphatic heterocycles. The summed E-state index contributed by atoms with van der Waals surface area (Å²) in [5.41, 5.74) is 0. The number of carbonyl (C=O) groups is 2. The molecule has 98 valence electrons. The average molecular weight is 242 g/mol. The van der Waals surface area contributed by atoms with Crippen molar-refractivity contribution in [1.82, 2.24) is 9.80 Å². The van der Waals surface area contributed by atoms with Crippen LogP contribution in [-0.2, 0) is 4.79 Å². The molecule has 1 N–H and O–H groups in total. The lowest BCUT2D eigenvalue weighted by molar-refractivity contribution is -0.137. The zero-order valence-electron chi connectivity index (χ0n) is 10.7. The molecule has 1 fully saturated rings. The van der Waals surface area contributed by atoms with Crippen LogP contribution in [0.15, 0.2) is 0 Å². The average Bonchev–Trinajstić information content (AvgIpc) is 3.08. The number of aliphatic carboxylic acids is 1. The van der Waals surface area contributed by atoms with Crippen LogP contribution in [0.25, 0.3) is 0 Å². The zero-order chi connectivity index (χ0) is 12.8. The molecule has 0 atom stereocenters. The van der Waals surface area contributed by atoms with Crippen molar-refractivity contribution in [3.05, 3.63) is 0 Å². The van der Waals surface area contributed by atoms with E-state index in [1.165, 1.54) is 17.7 Å². The molecule has 1 saturated carbocycles. The number of hydrogen-bond acceptors (Lipinski definition) is 2. The maximum Gasteiger partial charge on any atom is 0.323 e. The third-order valence-corrected chi connectivity index (χ3v) is 2.92. The second-order valence-corrected chi connectivity index (χ2v) is 4.58. The number of carboxylic acid groups (broad SMARTS) is 1. The van der Waals surface area contributed by atoms with Crippen molar-refractivity contribution in [3.63, 3.8) is 0 Å². The van der Waals surface area contributed by atoms with E-state index in [1.54, 1.807) is 4.90 Å². The van der Waals surface area contributed by atoms with E-state index in [4.69, 9.17) is 5.11 Å². The summed E-state index contributed by atoms with van der Waals surface area (Å²) in [6.07, 6.45) is 3.29. The SMILES string of the molecule is CCCN(CC1CC1)C(=O)N(CC)CC(=O)O. The Morgan fingerprint density at radius 2 is 1.88 bits per heavy atom. The lowest BCUT2D eigenvalue weighted by Gasteiger charge is -2.28. The molecular weight excluding hydrogens is 220 g/mol. The molecule has 1 aliphatic carbocycles. The van der Waals surface area contributed by atoms with Gasteiger partial charge in [0, 0.05) is 19.6 Å². The first kappa shape index (κ1) is 13.8. The summed E-state index contributed by atoms with van der Waals surface area (Å²) in [5, 5.41) is 8.76. The Morgan fingerprint density at radius 3 is 2.29 bits per heavy atom. The number of carboxylic acids is 1. The summed E-state index contributed by atoms with van der Waals surface area (Å²) in [5.74, 6) is -0.322. The highest BCUT2D eigenvalue weighted by Crippen LogP contribution is 2.30. The molecule has 1 rings (SSSR count). The molecule has 0 spiro atoms. The molecule has 17 heavy (non-hydrogen) atoms. The Morgan fingerprint density at radius 1 is 1.24 bits per heavy atom. The fourth-order valence-electron chi connectivity index (χ4n) is 1.83. The minimum Gasteiger partial charge on any atom is -0.480 e. The highest BCUT2D eigenvalue weighted by Gasteiger charge is 2.28. The van der Waals surface area contributed by atoms with Crippen molar-refractivity contribution in [3.8, 4) is 0 Å². The Balaban J connectivity index is 2.55. The number of hydrogen-bond donors (Lipinski definition) is 1. The van der Waals surface area contributed by atoms with Crippen LogP contribution in [0.5, 0.6) is 0 Å². The molecule has 0 saturated heterocycles. The Hall–Kier alpha value is -1.26. The minimum absolute atomic E-state index is 0.136. The fraction of sp³-hybridized carbons (Fsp3) is 0.833. The lowest BCUT2D eigenvalue weighted by atomic mass is 10.3. The van der Waals surface area contributed by atoms with Crippen LogP contribution in [0.1, 0.15) is 33.1 Å². The number of nitrogens with zero attached hydrogens (tertiary/aromatic N) is 2. The van der Waals surface area contributed by atoms with E-state index < -0.39 is 5.97 Å². The van der Waals surface area contributed by atoms with Crippen molar-refractivity contribution in [2.24, 2.45) is 5.92 Å². The van der Waals surface area contributed by atoms with Crippen LogP contribution in [0, 0.1) is 5.92 Å². The zero-order valence-corrected chi connectivity index (χ0v) is 10.7. The number of likely N-dealkylation sites (N-methyl/N-ethyl adjacent to an activating group) is 1. The van der Waals surface area contributed by atoms with Gasteiger partial charge in [-0.1, -0.05) is 6.92 Å². The van der Waals surface area contributed by atoms with Gasteiger partial charge in [-0.2, -0.15) is 0 Å². The molecule has 0 aromatic rings. The molecule has 0 unspecified atom stereocenters. The number of urea groups is 1. The normalized spacial score (nSPS) is 14.5. The number of rotatable bonds is 7. The highest BCUT2D eigenvalue weighted by molar-refractivity contribution is 5.80. The summed E-state index contributed by atoms with van der Waals surface area (Å²) >= 11 is 0. The van der Waals surface area contributed by atoms with Gasteiger partial charge >= 0.3 is 12.0 Å². The van der Waals surface area contributed by atoms with Gasteiger partial charge in [-0.15, -0.1) is 0 Å². The third kappa shape index (κ3) is 4.63. The smallest absolute Gasteiger partial charge is 0.323 e. The number of carbonyl (C=O) groups excluding carboxylic acids is 1. The maximum absolute atomic E-state index is 12.2. The van der Waals surface area contributed by atoms with Gasteiger partial charge in [-0.05, 0) is 32.1 Å². The Kier molecular flexibility index (Phi) is 5.25. The predicted molar refractivity (Wildman–Crippen MR) is 64.9 cm³/mol. The first-order valence-electron chi connectivity index (χ1n) is 6.34. The van der Waals surface area contributed by atoms with Gasteiger partial charge in [0.05, 0.1) is 0 Å². The molecule has 0 aromatic heterocycles. The summed E-state index contributed by atoms with van der Waals surface area (Å²) in [7, 11) is 0. The summed E-state index contributed by atoms with van der Waals surface area (Å²) in [4.78, 5) is 26.0. The van der Waals surface area contributed by atoms with E-state index in [0.29, 0.717) is 19.0 Å². The monoisotopic (exact) mass is 242 g/mol. The first-order chi connectivity index (χ1) is 8.08. The van der Waals surface area contributed by atoms with Crippen molar-refractivity contribution >= 4 is 12.0 Å². The Bertz CT molecular complexity index is 277. The van der Waals surface area contributed by atoms with Crippen LogP contribution >= 0.6 is 0 Å². The van der Waals surface area contributed by atoms with Gasteiger partial charge in [0.15, 0.2) is 0 Å². The summed E-state index contributed by atoms with van der Waals surface area (Å²) in [6.45, 7) is 5.56. The molecule has 0 heterocycles. The minimum atomic E-state index is -0.955. The molecule has 1 aliphatic rings. The van der Waals surface area contributed by atoms with E-state index in [2.05, 4.69) is 0 Å². The second-order valence-electron chi connectivity index (χ2n) is 4.58. The van der Waals surface area contributed by atoms with Crippen LogP contribution in [0.2, 0.25) is 0 Å². The Labute approximate surface area is 102 Å². The second kappa shape index (κ2) is 6.47. The molecule has 5 heteroatoms.